The van der Waals surface area contributed by atoms with Crippen LogP contribution >= 0.6 is 0 Å². The van der Waals surface area contributed by atoms with Crippen LogP contribution in [0.1, 0.15) is 38.3 Å². The van der Waals surface area contributed by atoms with Crippen molar-refractivity contribution in [3.63, 3.8) is 0 Å². The summed E-state index contributed by atoms with van der Waals surface area (Å²) in [7, 11) is 2.97. The Labute approximate surface area is 148 Å². The number of nitrogens with zero attached hydrogens (tertiary/aromatic N) is 4. The van der Waals surface area contributed by atoms with Crippen LogP contribution in [0.3, 0.4) is 0 Å². The average molecular weight is 364 g/mol. The van der Waals surface area contributed by atoms with Crippen LogP contribution in [0.25, 0.3) is 0 Å². The highest BCUT2D eigenvalue weighted by molar-refractivity contribution is 6.11. The summed E-state index contributed by atoms with van der Waals surface area (Å²) >= 11 is 0. The molecule has 0 bridgehead atoms. The normalized spacial score (nSPS) is 10.6. The molecular formula is C15H20N6O5. The van der Waals surface area contributed by atoms with E-state index < -0.39 is 17.8 Å². The average Bonchev–Trinajstić information content (AvgIpc) is 3.18. The molecule has 0 fully saturated rings. The van der Waals surface area contributed by atoms with Crippen molar-refractivity contribution in [2.45, 2.75) is 13.5 Å². The second kappa shape index (κ2) is 8.25. The first-order chi connectivity index (χ1) is 12.4. The zero-order valence-corrected chi connectivity index (χ0v) is 14.6. The largest absolute Gasteiger partial charge is 0.478 e. The molecule has 3 N–H and O–H groups in total. The number of amides is 2. The quantitative estimate of drug-likeness (QED) is 0.558. The number of aromatic nitrogens is 4. The molecule has 0 aliphatic heterocycles. The predicted octanol–water partition coefficient (Wildman–Crippen LogP) is -0.0368. The van der Waals surface area contributed by atoms with Crippen molar-refractivity contribution < 1.29 is 24.2 Å². The lowest BCUT2D eigenvalue weighted by molar-refractivity contribution is 0.0692. The number of carboxylic acids is 1. The number of nitrogens with one attached hydrogen (secondary N) is 2. The van der Waals surface area contributed by atoms with Crippen LogP contribution in [0.15, 0.2) is 12.4 Å². The van der Waals surface area contributed by atoms with Gasteiger partial charge in [0.25, 0.3) is 11.8 Å². The Bertz CT molecular complexity index is 825. The third kappa shape index (κ3) is 4.06. The lowest BCUT2D eigenvalue weighted by Gasteiger charge is -2.07. The Balaban J connectivity index is 2.27. The van der Waals surface area contributed by atoms with Crippen LogP contribution in [0.2, 0.25) is 0 Å². The number of ether oxygens (including phenoxy) is 1. The fourth-order valence-electron chi connectivity index (χ4n) is 2.24. The summed E-state index contributed by atoms with van der Waals surface area (Å²) in [6, 6.07) is 0. The van der Waals surface area contributed by atoms with Crippen molar-refractivity contribution in [2.24, 2.45) is 7.05 Å². The molecule has 0 unspecified atom stereocenters. The molecule has 2 aromatic heterocycles. The van der Waals surface area contributed by atoms with Crippen LogP contribution in [0.5, 0.6) is 0 Å². The van der Waals surface area contributed by atoms with Gasteiger partial charge in [0.15, 0.2) is 5.69 Å². The van der Waals surface area contributed by atoms with Crippen molar-refractivity contribution in [1.29, 1.82) is 0 Å². The second-order valence-electron chi connectivity index (χ2n) is 5.29. The molecule has 2 aromatic rings. The molecule has 0 spiro atoms. The van der Waals surface area contributed by atoms with Gasteiger partial charge in [0.2, 0.25) is 0 Å². The van der Waals surface area contributed by atoms with Crippen LogP contribution in [-0.2, 0) is 18.3 Å². The van der Waals surface area contributed by atoms with E-state index in [1.807, 2.05) is 6.92 Å². The molecule has 11 heteroatoms. The van der Waals surface area contributed by atoms with Gasteiger partial charge in [0.05, 0.1) is 18.5 Å². The van der Waals surface area contributed by atoms with E-state index in [4.69, 9.17) is 4.74 Å². The van der Waals surface area contributed by atoms with E-state index in [2.05, 4.69) is 20.8 Å². The highest BCUT2D eigenvalue weighted by Gasteiger charge is 2.24. The van der Waals surface area contributed by atoms with Crippen molar-refractivity contribution in [3.05, 3.63) is 29.3 Å². The number of aryl methyl sites for hydroxylation is 2. The molecular weight excluding hydrogens is 344 g/mol. The molecule has 0 saturated carbocycles. The van der Waals surface area contributed by atoms with Gasteiger partial charge in [-0.2, -0.15) is 10.2 Å². The zero-order valence-electron chi connectivity index (χ0n) is 14.6. The summed E-state index contributed by atoms with van der Waals surface area (Å²) in [6.07, 6.45) is 2.59. The number of carboxylic acid groups (broad SMARTS) is 1. The summed E-state index contributed by atoms with van der Waals surface area (Å²) < 4.78 is 7.51. The summed E-state index contributed by atoms with van der Waals surface area (Å²) in [4.78, 5) is 36.0. The molecule has 2 rings (SSSR count). The minimum atomic E-state index is -1.27. The number of rotatable bonds is 8. The van der Waals surface area contributed by atoms with Gasteiger partial charge in [-0.3, -0.25) is 19.0 Å². The molecule has 2 amide bonds. The SMILES string of the molecule is CCn1cc(NC(=O)c2c(C(=O)O)cnn2C)c(C(=O)NCCOC)n1. The van der Waals surface area contributed by atoms with Gasteiger partial charge in [-0.05, 0) is 6.92 Å². The highest BCUT2D eigenvalue weighted by Crippen LogP contribution is 2.17. The fourth-order valence-corrected chi connectivity index (χ4v) is 2.24. The highest BCUT2D eigenvalue weighted by atomic mass is 16.5. The number of carbonyl (C=O) groups excluding carboxylic acids is 2. The Morgan fingerprint density at radius 3 is 2.65 bits per heavy atom. The van der Waals surface area contributed by atoms with Crippen LogP contribution < -0.4 is 10.6 Å². The summed E-state index contributed by atoms with van der Waals surface area (Å²) in [5.41, 5.74) is -0.175. The second-order valence-corrected chi connectivity index (χ2v) is 5.29. The van der Waals surface area contributed by atoms with Crippen molar-refractivity contribution in [3.8, 4) is 0 Å². The fraction of sp³-hybridized carbons (Fsp3) is 0.400. The van der Waals surface area contributed by atoms with Gasteiger partial charge in [0.1, 0.15) is 11.3 Å². The number of carbonyl (C=O) groups is 3. The molecule has 2 heterocycles. The van der Waals surface area contributed by atoms with Crippen molar-refractivity contribution >= 4 is 23.5 Å². The summed E-state index contributed by atoms with van der Waals surface area (Å²) in [6.45, 7) is 2.93. The number of anilines is 1. The van der Waals surface area contributed by atoms with E-state index >= 15 is 0 Å². The number of aromatic carboxylic acids is 1. The smallest absolute Gasteiger partial charge is 0.339 e. The van der Waals surface area contributed by atoms with Gasteiger partial charge in [-0.1, -0.05) is 0 Å². The maximum atomic E-state index is 12.5. The molecule has 140 valence electrons. The number of hydrogen-bond donors (Lipinski definition) is 3. The molecule has 0 saturated heterocycles. The van der Waals surface area contributed by atoms with Gasteiger partial charge >= 0.3 is 5.97 Å². The molecule has 0 aliphatic rings. The third-order valence-corrected chi connectivity index (χ3v) is 3.52. The Morgan fingerprint density at radius 1 is 1.31 bits per heavy atom. The maximum absolute atomic E-state index is 12.5. The third-order valence-electron chi connectivity index (χ3n) is 3.52. The molecule has 0 radical (unpaired) electrons. The van der Waals surface area contributed by atoms with Gasteiger partial charge in [0, 0.05) is 33.4 Å². The minimum Gasteiger partial charge on any atom is -0.478 e. The first kappa shape index (κ1) is 19.1. The topological polar surface area (TPSA) is 140 Å². The van der Waals surface area contributed by atoms with E-state index in [0.717, 1.165) is 10.9 Å². The first-order valence-electron chi connectivity index (χ1n) is 7.80. The number of methoxy groups -OCH3 is 1. The molecule has 11 nitrogen and oxygen atoms in total. The van der Waals surface area contributed by atoms with E-state index in [1.54, 1.807) is 0 Å². The van der Waals surface area contributed by atoms with E-state index in [0.29, 0.717) is 13.2 Å². The standard InChI is InChI=1S/C15H20N6O5/c1-4-21-8-10(11(19-21)13(22)16-5-6-26-3)18-14(23)12-9(15(24)25)7-17-20(12)2/h7-8H,4-6H2,1-3H3,(H,16,22)(H,18,23)(H,24,25). The Hall–Kier alpha value is -3.21. The van der Waals surface area contributed by atoms with Gasteiger partial charge in [-0.25, -0.2) is 4.79 Å². The predicted molar refractivity (Wildman–Crippen MR) is 90.2 cm³/mol. The van der Waals surface area contributed by atoms with E-state index in [9.17, 15) is 19.5 Å². The van der Waals surface area contributed by atoms with E-state index in [1.165, 1.54) is 25.0 Å². The van der Waals surface area contributed by atoms with Gasteiger partial charge < -0.3 is 20.5 Å². The Morgan fingerprint density at radius 2 is 2.04 bits per heavy atom. The monoisotopic (exact) mass is 364 g/mol. The van der Waals surface area contributed by atoms with Crippen LogP contribution in [-0.4, -0.2) is 62.7 Å². The first-order valence-corrected chi connectivity index (χ1v) is 7.80. The summed E-state index contributed by atoms with van der Waals surface area (Å²) in [5, 5.41) is 22.3. The molecule has 26 heavy (non-hydrogen) atoms. The lowest BCUT2D eigenvalue weighted by atomic mass is 10.2. The van der Waals surface area contributed by atoms with E-state index in [-0.39, 0.29) is 29.2 Å². The Kier molecular flexibility index (Phi) is 6.07. The lowest BCUT2D eigenvalue weighted by Crippen LogP contribution is -2.28. The number of hydrogen-bond acceptors (Lipinski definition) is 6. The maximum Gasteiger partial charge on any atom is 0.339 e. The van der Waals surface area contributed by atoms with Crippen LogP contribution in [0.4, 0.5) is 5.69 Å². The summed E-state index contributed by atoms with van der Waals surface area (Å²) in [5.74, 6) is -2.46. The molecule has 0 aromatic carbocycles. The zero-order chi connectivity index (χ0) is 19.3. The van der Waals surface area contributed by atoms with Crippen molar-refractivity contribution in [1.82, 2.24) is 24.9 Å². The molecule has 0 aliphatic carbocycles. The van der Waals surface area contributed by atoms with Gasteiger partial charge in [-0.15, -0.1) is 0 Å². The molecule has 0 atom stereocenters. The minimum absolute atomic E-state index is 0.0235. The van der Waals surface area contributed by atoms with Crippen molar-refractivity contribution in [2.75, 3.05) is 25.6 Å². The van der Waals surface area contributed by atoms with Crippen LogP contribution in [0, 0.1) is 0 Å².